The topological polar surface area (TPSA) is 93.1 Å². The summed E-state index contributed by atoms with van der Waals surface area (Å²) in [5.41, 5.74) is -0.221. The lowest BCUT2D eigenvalue weighted by molar-refractivity contribution is 0.0973. The van der Waals surface area contributed by atoms with E-state index in [2.05, 4.69) is 0 Å². The smallest absolute Gasteiger partial charge is 0.203 e. The number of phenolic OH excluding ortho intramolecular Hbond substituents is 2. The first-order chi connectivity index (χ1) is 10.5. The van der Waals surface area contributed by atoms with E-state index in [0.29, 0.717) is 0 Å². The molecule has 6 heteroatoms. The van der Waals surface area contributed by atoms with Gasteiger partial charge in [0.25, 0.3) is 0 Å². The molecule has 22 heavy (non-hydrogen) atoms. The van der Waals surface area contributed by atoms with Crippen LogP contribution < -0.4 is 9.47 Å². The van der Waals surface area contributed by atoms with Crippen molar-refractivity contribution in [3.05, 3.63) is 46.5 Å². The highest BCUT2D eigenvalue weighted by atomic mass is 16.5. The molecular weight excluding hydrogens is 288 g/mol. The first-order valence-electron chi connectivity index (χ1n) is 6.40. The zero-order valence-electron chi connectivity index (χ0n) is 11.8. The number of methoxy groups -OCH3 is 2. The molecule has 6 nitrogen and oxygen atoms in total. The molecule has 0 saturated carbocycles. The molecule has 0 saturated heterocycles. The third-order valence-electron chi connectivity index (χ3n) is 3.63. The van der Waals surface area contributed by atoms with Crippen LogP contribution in [0.1, 0.15) is 31.8 Å². The van der Waals surface area contributed by atoms with Gasteiger partial charge in [0.05, 0.1) is 25.3 Å². The van der Waals surface area contributed by atoms with Crippen LogP contribution in [0.3, 0.4) is 0 Å². The number of carbonyl (C=O) groups excluding carboxylic acids is 2. The fraction of sp³-hybridized carbons (Fsp3) is 0.125. The summed E-state index contributed by atoms with van der Waals surface area (Å²) < 4.78 is 10.1. The number of ketones is 2. The van der Waals surface area contributed by atoms with E-state index in [1.807, 2.05) is 0 Å². The minimum Gasteiger partial charge on any atom is -0.507 e. The van der Waals surface area contributed by atoms with Crippen LogP contribution in [0.4, 0.5) is 0 Å². The predicted octanol–water partition coefficient (Wildman–Crippen LogP) is 1.89. The molecule has 1 aliphatic carbocycles. The van der Waals surface area contributed by atoms with Crippen molar-refractivity contribution < 1.29 is 29.3 Å². The average molecular weight is 300 g/mol. The van der Waals surface area contributed by atoms with Crippen molar-refractivity contribution in [3.8, 4) is 23.0 Å². The lowest BCUT2D eigenvalue weighted by atomic mass is 9.82. The number of hydrogen-bond acceptors (Lipinski definition) is 6. The molecule has 2 N–H and O–H groups in total. The average Bonchev–Trinajstić information content (AvgIpc) is 2.51. The lowest BCUT2D eigenvalue weighted by Crippen LogP contribution is -2.21. The zero-order chi connectivity index (χ0) is 16.0. The summed E-state index contributed by atoms with van der Waals surface area (Å²) in [6.07, 6.45) is 0. The van der Waals surface area contributed by atoms with E-state index >= 15 is 0 Å². The minimum absolute atomic E-state index is 0.0123. The molecule has 0 unspecified atom stereocenters. The van der Waals surface area contributed by atoms with Crippen LogP contribution in [0.5, 0.6) is 23.0 Å². The third kappa shape index (κ3) is 1.67. The van der Waals surface area contributed by atoms with Crippen LogP contribution in [0.25, 0.3) is 0 Å². The summed E-state index contributed by atoms with van der Waals surface area (Å²) in [5, 5.41) is 20.2. The molecule has 2 aromatic carbocycles. The second kappa shape index (κ2) is 4.77. The molecule has 0 atom stereocenters. The highest BCUT2D eigenvalue weighted by molar-refractivity contribution is 6.30. The monoisotopic (exact) mass is 300 g/mol. The number of aromatic hydroxyl groups is 2. The Morgan fingerprint density at radius 1 is 0.909 bits per heavy atom. The summed E-state index contributed by atoms with van der Waals surface area (Å²) in [6, 6.07) is 5.59. The summed E-state index contributed by atoms with van der Waals surface area (Å²) in [7, 11) is 2.67. The maximum atomic E-state index is 12.6. The first-order valence-corrected chi connectivity index (χ1v) is 6.40. The molecule has 3 rings (SSSR count). The van der Waals surface area contributed by atoms with Crippen molar-refractivity contribution in [1.29, 1.82) is 0 Å². The fourth-order valence-electron chi connectivity index (χ4n) is 2.62. The van der Waals surface area contributed by atoms with E-state index in [9.17, 15) is 19.8 Å². The highest BCUT2D eigenvalue weighted by Gasteiger charge is 2.36. The molecule has 0 radical (unpaired) electrons. The normalized spacial score (nSPS) is 12.6. The summed E-state index contributed by atoms with van der Waals surface area (Å²) in [6.45, 7) is 0. The van der Waals surface area contributed by atoms with Crippen molar-refractivity contribution in [2.75, 3.05) is 14.2 Å². The molecule has 0 fully saturated rings. The molecule has 0 aromatic heterocycles. The van der Waals surface area contributed by atoms with Gasteiger partial charge in [0.1, 0.15) is 5.75 Å². The van der Waals surface area contributed by atoms with Gasteiger partial charge < -0.3 is 19.7 Å². The van der Waals surface area contributed by atoms with Gasteiger partial charge >= 0.3 is 0 Å². The number of fused-ring (bicyclic) bond motifs is 2. The zero-order valence-corrected chi connectivity index (χ0v) is 11.8. The van der Waals surface area contributed by atoms with Gasteiger partial charge in [-0.05, 0) is 12.1 Å². The van der Waals surface area contributed by atoms with Crippen molar-refractivity contribution in [2.24, 2.45) is 0 Å². The van der Waals surface area contributed by atoms with Gasteiger partial charge in [0.15, 0.2) is 17.3 Å². The minimum atomic E-state index is -0.638. The molecule has 1 aliphatic rings. The Balaban J connectivity index is 2.38. The number of hydrogen-bond donors (Lipinski definition) is 2. The van der Waals surface area contributed by atoms with Crippen LogP contribution in [0.15, 0.2) is 24.3 Å². The molecule has 0 spiro atoms. The Hall–Kier alpha value is -3.02. The van der Waals surface area contributed by atoms with Gasteiger partial charge in [-0.3, -0.25) is 9.59 Å². The van der Waals surface area contributed by atoms with Gasteiger partial charge in [-0.1, -0.05) is 12.1 Å². The fourth-order valence-corrected chi connectivity index (χ4v) is 2.62. The summed E-state index contributed by atoms with van der Waals surface area (Å²) in [5.74, 6) is -1.80. The van der Waals surface area contributed by atoms with E-state index in [0.717, 1.165) is 0 Å². The van der Waals surface area contributed by atoms with Crippen molar-refractivity contribution >= 4 is 11.6 Å². The Kier molecular flexibility index (Phi) is 3.02. The maximum absolute atomic E-state index is 12.6. The molecule has 112 valence electrons. The summed E-state index contributed by atoms with van der Waals surface area (Å²) in [4.78, 5) is 25.1. The Labute approximate surface area is 125 Å². The van der Waals surface area contributed by atoms with E-state index in [4.69, 9.17) is 9.47 Å². The molecule has 0 heterocycles. The van der Waals surface area contributed by atoms with E-state index in [1.54, 1.807) is 0 Å². The lowest BCUT2D eigenvalue weighted by Gasteiger charge is -2.21. The van der Waals surface area contributed by atoms with Gasteiger partial charge in [-0.15, -0.1) is 0 Å². The maximum Gasteiger partial charge on any atom is 0.203 e. The molecule has 0 aliphatic heterocycles. The molecule has 0 amide bonds. The Morgan fingerprint density at radius 2 is 1.64 bits per heavy atom. The van der Waals surface area contributed by atoms with E-state index in [1.165, 1.54) is 38.5 Å². The number of carbonyl (C=O) groups is 2. The van der Waals surface area contributed by atoms with Crippen LogP contribution in [-0.4, -0.2) is 36.0 Å². The number of rotatable bonds is 2. The van der Waals surface area contributed by atoms with Crippen LogP contribution in [0.2, 0.25) is 0 Å². The van der Waals surface area contributed by atoms with Crippen molar-refractivity contribution in [2.45, 2.75) is 0 Å². The predicted molar refractivity (Wildman–Crippen MR) is 76.2 cm³/mol. The highest BCUT2D eigenvalue weighted by Crippen LogP contribution is 2.45. The SMILES string of the molecule is COc1cc2c(c(O)c1OC)C(=O)c1c(O)cccc1C2=O. The first kappa shape index (κ1) is 13.9. The van der Waals surface area contributed by atoms with Gasteiger partial charge in [-0.25, -0.2) is 0 Å². The van der Waals surface area contributed by atoms with Crippen LogP contribution >= 0.6 is 0 Å². The Morgan fingerprint density at radius 3 is 2.27 bits per heavy atom. The number of ether oxygens (including phenoxy) is 2. The number of phenols is 2. The van der Waals surface area contributed by atoms with Crippen molar-refractivity contribution in [1.82, 2.24) is 0 Å². The van der Waals surface area contributed by atoms with E-state index in [-0.39, 0.29) is 39.5 Å². The van der Waals surface area contributed by atoms with Gasteiger partial charge in [0, 0.05) is 11.1 Å². The van der Waals surface area contributed by atoms with Gasteiger partial charge in [0.2, 0.25) is 11.5 Å². The number of benzene rings is 2. The summed E-state index contributed by atoms with van der Waals surface area (Å²) >= 11 is 0. The molecular formula is C16H12O6. The van der Waals surface area contributed by atoms with Gasteiger partial charge in [-0.2, -0.15) is 0 Å². The second-order valence-electron chi connectivity index (χ2n) is 4.74. The van der Waals surface area contributed by atoms with Crippen LogP contribution in [-0.2, 0) is 0 Å². The van der Waals surface area contributed by atoms with Crippen LogP contribution in [0, 0.1) is 0 Å². The quantitative estimate of drug-likeness (QED) is 0.750. The largest absolute Gasteiger partial charge is 0.507 e. The van der Waals surface area contributed by atoms with E-state index < -0.39 is 17.3 Å². The second-order valence-corrected chi connectivity index (χ2v) is 4.74. The third-order valence-corrected chi connectivity index (χ3v) is 3.63. The van der Waals surface area contributed by atoms with Crippen molar-refractivity contribution in [3.63, 3.8) is 0 Å². The molecule has 0 bridgehead atoms. The standard InChI is InChI=1S/C16H12O6/c1-21-10-6-8-12(15(20)16(10)22-2)14(19)11-7(13(8)18)4-3-5-9(11)17/h3-6,17,20H,1-2H3. The Bertz CT molecular complexity index is 822. The molecule has 2 aromatic rings.